The summed E-state index contributed by atoms with van der Waals surface area (Å²) in [6.07, 6.45) is 3.09. The van der Waals surface area contributed by atoms with Gasteiger partial charge in [-0.1, -0.05) is 0 Å². The highest BCUT2D eigenvalue weighted by atomic mass is 79.9. The zero-order chi connectivity index (χ0) is 10.4. The van der Waals surface area contributed by atoms with Crippen LogP contribution in [0, 0.1) is 0 Å². The Bertz CT molecular complexity index is 305. The van der Waals surface area contributed by atoms with Crippen LogP contribution in [0.5, 0.6) is 0 Å². The predicted molar refractivity (Wildman–Crippen MR) is 57.5 cm³/mol. The van der Waals surface area contributed by atoms with Crippen molar-refractivity contribution >= 4 is 39.5 Å². The molecule has 0 aromatic carbocycles. The van der Waals surface area contributed by atoms with Crippen molar-refractivity contribution in [3.05, 3.63) is 16.9 Å². The summed E-state index contributed by atoms with van der Waals surface area (Å²) in [7, 11) is 0. The van der Waals surface area contributed by atoms with E-state index < -0.39 is 0 Å². The van der Waals surface area contributed by atoms with Crippen LogP contribution in [0.25, 0.3) is 0 Å². The molecule has 0 bridgehead atoms. The van der Waals surface area contributed by atoms with Gasteiger partial charge >= 0.3 is 6.03 Å². The second kappa shape index (κ2) is 5.77. The van der Waals surface area contributed by atoms with Crippen LogP contribution >= 0.6 is 27.5 Å². The monoisotopic (exact) mass is 278 g/mol. The lowest BCUT2D eigenvalue weighted by Gasteiger charge is -2.03. The van der Waals surface area contributed by atoms with Crippen LogP contribution < -0.4 is 10.6 Å². The molecule has 76 valence electrons. The molecule has 2 N–H and O–H groups in total. The van der Waals surface area contributed by atoms with Gasteiger partial charge in [-0.25, -0.2) is 14.8 Å². The summed E-state index contributed by atoms with van der Waals surface area (Å²) in [4.78, 5) is 18.8. The number of aromatic nitrogens is 2. The Hall–Kier alpha value is -0.880. The smallest absolute Gasteiger partial charge is 0.321 e. The second-order valence-electron chi connectivity index (χ2n) is 2.29. The molecule has 5 nitrogen and oxygen atoms in total. The molecule has 2 amide bonds. The van der Waals surface area contributed by atoms with Crippen LogP contribution in [0.15, 0.2) is 16.9 Å². The molecule has 0 atom stereocenters. The number of carbonyl (C=O) groups excluding carboxylic acids is 1. The van der Waals surface area contributed by atoms with Gasteiger partial charge in [-0.2, -0.15) is 0 Å². The number of alkyl halides is 1. The zero-order valence-corrected chi connectivity index (χ0v) is 9.47. The third kappa shape index (κ3) is 3.89. The molecule has 0 spiro atoms. The van der Waals surface area contributed by atoms with Crippen molar-refractivity contribution in [2.75, 3.05) is 17.7 Å². The summed E-state index contributed by atoms with van der Waals surface area (Å²) >= 11 is 8.57. The lowest BCUT2D eigenvalue weighted by molar-refractivity contribution is 0.252. The number of urea groups is 1. The molecule has 0 saturated heterocycles. The molecule has 1 aromatic rings. The molecular formula is C7H8BrClN4O. The van der Waals surface area contributed by atoms with Gasteiger partial charge in [0.05, 0.1) is 4.47 Å². The van der Waals surface area contributed by atoms with Crippen molar-refractivity contribution in [2.45, 2.75) is 0 Å². The highest BCUT2D eigenvalue weighted by molar-refractivity contribution is 9.10. The average molecular weight is 280 g/mol. The molecule has 0 unspecified atom stereocenters. The second-order valence-corrected chi connectivity index (χ2v) is 3.59. The Morgan fingerprint density at radius 1 is 1.50 bits per heavy atom. The SMILES string of the molecule is O=C(NCCCl)Nc1ncc(Br)cn1. The Morgan fingerprint density at radius 3 is 2.71 bits per heavy atom. The van der Waals surface area contributed by atoms with Crippen molar-refractivity contribution < 1.29 is 4.79 Å². The third-order valence-corrected chi connectivity index (χ3v) is 1.82. The van der Waals surface area contributed by atoms with Crippen molar-refractivity contribution in [3.63, 3.8) is 0 Å². The van der Waals surface area contributed by atoms with E-state index in [2.05, 4.69) is 36.5 Å². The van der Waals surface area contributed by atoms with Crippen LogP contribution in [0.3, 0.4) is 0 Å². The number of rotatable bonds is 3. The summed E-state index contributed by atoms with van der Waals surface area (Å²) in [6, 6.07) is -0.368. The first-order valence-corrected chi connectivity index (χ1v) is 5.13. The fraction of sp³-hybridized carbons (Fsp3) is 0.286. The minimum Gasteiger partial charge on any atom is -0.337 e. The van der Waals surface area contributed by atoms with Crippen molar-refractivity contribution in [1.29, 1.82) is 0 Å². The van der Waals surface area contributed by atoms with Crippen LogP contribution in [0.2, 0.25) is 0 Å². The van der Waals surface area contributed by atoms with Gasteiger partial charge in [0, 0.05) is 24.8 Å². The third-order valence-electron chi connectivity index (χ3n) is 1.23. The topological polar surface area (TPSA) is 66.9 Å². The lowest BCUT2D eigenvalue weighted by atomic mass is 10.6. The molecule has 0 saturated carbocycles. The number of nitrogens with zero attached hydrogens (tertiary/aromatic N) is 2. The number of amides is 2. The number of anilines is 1. The Balaban J connectivity index is 2.44. The van der Waals surface area contributed by atoms with E-state index in [-0.39, 0.29) is 12.0 Å². The van der Waals surface area contributed by atoms with Gasteiger partial charge in [0.1, 0.15) is 0 Å². The van der Waals surface area contributed by atoms with Crippen LogP contribution in [0.4, 0.5) is 10.7 Å². The van der Waals surface area contributed by atoms with Crippen molar-refractivity contribution in [3.8, 4) is 0 Å². The molecule has 7 heteroatoms. The summed E-state index contributed by atoms with van der Waals surface area (Å²) in [5, 5.41) is 4.97. The first-order chi connectivity index (χ1) is 6.72. The minimum absolute atomic E-state index is 0.250. The highest BCUT2D eigenvalue weighted by Crippen LogP contribution is 2.06. The normalized spacial score (nSPS) is 9.57. The molecule has 1 rings (SSSR count). The van der Waals surface area contributed by atoms with E-state index in [1.165, 1.54) is 0 Å². The number of halogens is 2. The summed E-state index contributed by atoms with van der Waals surface area (Å²) < 4.78 is 0.754. The summed E-state index contributed by atoms with van der Waals surface area (Å²) in [5.41, 5.74) is 0. The average Bonchev–Trinajstić information content (AvgIpc) is 2.18. The maximum atomic E-state index is 11.1. The lowest BCUT2D eigenvalue weighted by Crippen LogP contribution is -2.30. The maximum Gasteiger partial charge on any atom is 0.321 e. The molecule has 14 heavy (non-hydrogen) atoms. The van der Waals surface area contributed by atoms with Gasteiger partial charge in [-0.05, 0) is 15.9 Å². The van der Waals surface area contributed by atoms with E-state index in [0.717, 1.165) is 4.47 Å². The highest BCUT2D eigenvalue weighted by Gasteiger charge is 2.01. The van der Waals surface area contributed by atoms with Gasteiger partial charge in [0.15, 0.2) is 0 Å². The molecular weight excluding hydrogens is 271 g/mol. The number of carbonyl (C=O) groups is 1. The summed E-state index contributed by atoms with van der Waals surface area (Å²) in [6.45, 7) is 0.407. The molecule has 1 aromatic heterocycles. The van der Waals surface area contributed by atoms with E-state index in [1.54, 1.807) is 12.4 Å². The molecule has 0 radical (unpaired) electrons. The van der Waals surface area contributed by atoms with Gasteiger partial charge in [0.25, 0.3) is 0 Å². The van der Waals surface area contributed by atoms with E-state index in [0.29, 0.717) is 12.4 Å². The minimum atomic E-state index is -0.368. The number of hydrogen-bond donors (Lipinski definition) is 2. The Kier molecular flexibility index (Phi) is 4.61. The largest absolute Gasteiger partial charge is 0.337 e. The van der Waals surface area contributed by atoms with Crippen LogP contribution in [0.1, 0.15) is 0 Å². The molecule has 0 aliphatic heterocycles. The van der Waals surface area contributed by atoms with Gasteiger partial charge in [0.2, 0.25) is 5.95 Å². The van der Waals surface area contributed by atoms with Crippen molar-refractivity contribution in [1.82, 2.24) is 15.3 Å². The Morgan fingerprint density at radius 2 is 2.14 bits per heavy atom. The molecule has 1 heterocycles. The fourth-order valence-electron chi connectivity index (χ4n) is 0.683. The van der Waals surface area contributed by atoms with E-state index in [1.807, 2.05) is 0 Å². The predicted octanol–water partition coefficient (Wildman–Crippen LogP) is 1.60. The van der Waals surface area contributed by atoms with Crippen molar-refractivity contribution in [2.24, 2.45) is 0 Å². The van der Waals surface area contributed by atoms with Gasteiger partial charge in [-0.15, -0.1) is 11.6 Å². The maximum absolute atomic E-state index is 11.1. The fourth-order valence-corrected chi connectivity index (χ4v) is 0.983. The number of nitrogens with one attached hydrogen (secondary N) is 2. The van der Waals surface area contributed by atoms with Gasteiger partial charge in [-0.3, -0.25) is 5.32 Å². The quantitative estimate of drug-likeness (QED) is 0.826. The molecule has 0 aliphatic carbocycles. The van der Waals surface area contributed by atoms with Crippen LogP contribution in [-0.4, -0.2) is 28.4 Å². The van der Waals surface area contributed by atoms with E-state index in [9.17, 15) is 4.79 Å². The summed E-state index contributed by atoms with van der Waals surface area (Å²) in [5.74, 6) is 0.620. The Labute approximate surface area is 94.4 Å². The van der Waals surface area contributed by atoms with E-state index in [4.69, 9.17) is 11.6 Å². The molecule has 0 fully saturated rings. The number of hydrogen-bond acceptors (Lipinski definition) is 3. The van der Waals surface area contributed by atoms with Gasteiger partial charge < -0.3 is 5.32 Å². The first kappa shape index (κ1) is 11.2. The first-order valence-electron chi connectivity index (χ1n) is 3.80. The molecule has 0 aliphatic rings. The van der Waals surface area contributed by atoms with E-state index >= 15 is 0 Å². The van der Waals surface area contributed by atoms with Crippen LogP contribution in [-0.2, 0) is 0 Å². The zero-order valence-electron chi connectivity index (χ0n) is 7.13. The standard InChI is InChI=1S/C7H8BrClN4O/c8-5-3-11-6(12-4-5)13-7(14)10-2-1-9/h3-4H,1-2H2,(H2,10,11,12,13,14).